The summed E-state index contributed by atoms with van der Waals surface area (Å²) in [6.07, 6.45) is -1.03. The molecule has 0 spiro atoms. The van der Waals surface area contributed by atoms with Gasteiger partial charge in [-0.25, -0.2) is 0 Å². The second kappa shape index (κ2) is 11.4. The molecule has 1 N–H and O–H groups in total. The third-order valence-corrected chi connectivity index (χ3v) is 9.30. The number of hydrogen-bond donors (Lipinski definition) is 1. The van der Waals surface area contributed by atoms with Crippen LogP contribution in [0.15, 0.2) is 91.0 Å². The van der Waals surface area contributed by atoms with E-state index in [-0.39, 0.29) is 12.4 Å². The molecule has 0 amide bonds. The molecule has 3 aromatic carbocycles. The molecule has 0 heterocycles. The minimum atomic E-state index is -2.36. The maximum absolute atomic E-state index is 11.0. The number of hydrogen-bond acceptors (Lipinski definition) is 3. The third kappa shape index (κ3) is 4.88. The van der Waals surface area contributed by atoms with Gasteiger partial charge in [-0.3, -0.25) is 0 Å². The highest BCUT2D eigenvalue weighted by Gasteiger charge is 2.56. The molecule has 0 saturated carbocycles. The minimum absolute atomic E-state index is 0. The van der Waals surface area contributed by atoms with E-state index in [0.29, 0.717) is 13.2 Å². The summed E-state index contributed by atoms with van der Waals surface area (Å²) >= 11 is 0. The highest BCUT2D eigenvalue weighted by Crippen LogP contribution is 2.61. The number of benzene rings is 3. The third-order valence-electron chi connectivity index (χ3n) is 4.79. The van der Waals surface area contributed by atoms with Crippen molar-refractivity contribution in [1.29, 1.82) is 0 Å². The van der Waals surface area contributed by atoms with Crippen LogP contribution >= 0.6 is 7.26 Å². The van der Waals surface area contributed by atoms with Crippen LogP contribution in [0.5, 0.6) is 0 Å². The lowest BCUT2D eigenvalue weighted by atomic mass is 10.4. The number of aliphatic hydroxyl groups is 1. The molecule has 2 atom stereocenters. The molecular weight excluding hydrogens is 403 g/mol. The molecule has 29 heavy (non-hydrogen) atoms. The first-order chi connectivity index (χ1) is 13.7. The van der Waals surface area contributed by atoms with Crippen LogP contribution in [0.1, 0.15) is 13.8 Å². The summed E-state index contributed by atoms with van der Waals surface area (Å²) in [4.78, 5) is 0. The highest BCUT2D eigenvalue weighted by atomic mass is 35.5. The van der Waals surface area contributed by atoms with Crippen LogP contribution in [0, 0.1) is 0 Å². The van der Waals surface area contributed by atoms with Crippen LogP contribution in [0.3, 0.4) is 0 Å². The van der Waals surface area contributed by atoms with E-state index in [1.807, 2.05) is 68.4 Å². The van der Waals surface area contributed by atoms with Crippen molar-refractivity contribution in [2.24, 2.45) is 0 Å². The summed E-state index contributed by atoms with van der Waals surface area (Å²) in [5.74, 6) is -0.510. The predicted molar refractivity (Wildman–Crippen MR) is 118 cm³/mol. The first-order valence-electron chi connectivity index (χ1n) is 9.72. The fraction of sp³-hybridized carbons (Fsp3) is 0.250. The molecule has 0 bridgehead atoms. The lowest BCUT2D eigenvalue weighted by Gasteiger charge is -2.36. The number of ether oxygens (including phenoxy) is 2. The Bertz CT molecular complexity index is 734. The van der Waals surface area contributed by atoms with E-state index in [9.17, 15) is 5.11 Å². The maximum Gasteiger partial charge on any atom is 0.232 e. The van der Waals surface area contributed by atoms with E-state index in [1.54, 1.807) is 0 Å². The topological polar surface area (TPSA) is 38.7 Å². The van der Waals surface area contributed by atoms with Gasteiger partial charge >= 0.3 is 0 Å². The first kappa shape index (κ1) is 23.5. The molecule has 3 nitrogen and oxygen atoms in total. The molecule has 3 rings (SSSR count). The van der Waals surface area contributed by atoms with Gasteiger partial charge in [-0.2, -0.15) is 0 Å². The molecule has 5 heteroatoms. The first-order valence-corrected chi connectivity index (χ1v) is 11.6. The fourth-order valence-electron chi connectivity index (χ4n) is 3.69. The van der Waals surface area contributed by atoms with Crippen LogP contribution in [0.4, 0.5) is 0 Å². The zero-order valence-electron chi connectivity index (χ0n) is 16.8. The zero-order valence-corrected chi connectivity index (χ0v) is 18.5. The highest BCUT2D eigenvalue weighted by molar-refractivity contribution is 7.96. The number of halogens is 1. The van der Waals surface area contributed by atoms with Crippen molar-refractivity contribution in [2.45, 2.75) is 26.0 Å². The van der Waals surface area contributed by atoms with Crippen molar-refractivity contribution in [3.63, 3.8) is 0 Å². The Hall–Kier alpha value is -1.74. The molecule has 0 aliphatic heterocycles. The summed E-state index contributed by atoms with van der Waals surface area (Å²) in [6, 6.07) is 31.2. The molecule has 0 fully saturated rings. The predicted octanol–water partition coefficient (Wildman–Crippen LogP) is 0.702. The minimum Gasteiger partial charge on any atom is -1.00 e. The monoisotopic (exact) mass is 430 g/mol. The van der Waals surface area contributed by atoms with Gasteiger partial charge in [0.2, 0.25) is 12.1 Å². The summed E-state index contributed by atoms with van der Waals surface area (Å²) in [5, 5.41) is 14.5. The molecule has 0 saturated heterocycles. The molecule has 0 aliphatic rings. The Morgan fingerprint density at radius 3 is 1.31 bits per heavy atom. The van der Waals surface area contributed by atoms with E-state index < -0.39 is 19.4 Å². The smallest absolute Gasteiger partial charge is 0.232 e. The quantitative estimate of drug-likeness (QED) is 0.401. The SMILES string of the molecule is CCOC(O)C(OCC)[P+](c1ccccc1)(c1ccccc1)c1ccccc1.[Cl-]. The number of rotatable bonds is 9. The lowest BCUT2D eigenvalue weighted by Crippen LogP contribution is -3.00. The van der Waals surface area contributed by atoms with E-state index in [4.69, 9.17) is 9.47 Å². The van der Waals surface area contributed by atoms with Crippen LogP contribution in [-0.4, -0.2) is 30.5 Å². The van der Waals surface area contributed by atoms with Crippen molar-refractivity contribution in [1.82, 2.24) is 0 Å². The van der Waals surface area contributed by atoms with Gasteiger partial charge in [0.1, 0.15) is 23.2 Å². The van der Waals surface area contributed by atoms with Crippen molar-refractivity contribution in [3.8, 4) is 0 Å². The van der Waals surface area contributed by atoms with Crippen LogP contribution in [-0.2, 0) is 9.47 Å². The Morgan fingerprint density at radius 1 is 0.655 bits per heavy atom. The Labute approximate surface area is 180 Å². The molecule has 3 aromatic rings. The lowest BCUT2D eigenvalue weighted by molar-refractivity contribution is -0.147. The normalized spacial score (nSPS) is 13.3. The van der Waals surface area contributed by atoms with Gasteiger partial charge < -0.3 is 27.0 Å². The molecule has 2 unspecified atom stereocenters. The Balaban J connectivity index is 0.00000300. The van der Waals surface area contributed by atoms with E-state index in [2.05, 4.69) is 36.4 Å². The second-order valence-corrected chi connectivity index (χ2v) is 9.92. The van der Waals surface area contributed by atoms with Crippen molar-refractivity contribution >= 4 is 23.2 Å². The molecule has 0 aromatic heterocycles. The zero-order chi connectivity index (χ0) is 19.8. The summed E-state index contributed by atoms with van der Waals surface area (Å²) in [5.41, 5.74) is 0. The van der Waals surface area contributed by atoms with E-state index in [1.165, 1.54) is 0 Å². The van der Waals surface area contributed by atoms with Gasteiger partial charge in [0.05, 0.1) is 0 Å². The standard InChI is InChI=1S/C24H28O3P.ClH/c1-3-26-23(25)24(27-4-2)28(20-14-8-5-9-15-20,21-16-10-6-11-17-21)22-18-12-7-13-19-22;/h5-19,23-25H,3-4H2,1-2H3;1H/q+1;/p-1. The summed E-state index contributed by atoms with van der Waals surface area (Å²) in [6.45, 7) is 4.76. The molecule has 154 valence electrons. The van der Waals surface area contributed by atoms with Crippen molar-refractivity contribution < 1.29 is 27.0 Å². The molecule has 0 radical (unpaired) electrons. The molecule has 0 aliphatic carbocycles. The van der Waals surface area contributed by atoms with E-state index in [0.717, 1.165) is 15.9 Å². The maximum atomic E-state index is 11.0. The van der Waals surface area contributed by atoms with Gasteiger partial charge in [-0.05, 0) is 50.2 Å². The van der Waals surface area contributed by atoms with Crippen molar-refractivity contribution in [2.75, 3.05) is 13.2 Å². The fourth-order valence-corrected chi connectivity index (χ4v) is 8.23. The average Bonchev–Trinajstić information content (AvgIpc) is 2.76. The molecular formula is C24H28ClO3P. The second-order valence-electron chi connectivity index (χ2n) is 6.42. The summed E-state index contributed by atoms with van der Waals surface area (Å²) < 4.78 is 11.9. The van der Waals surface area contributed by atoms with Gasteiger partial charge in [-0.1, -0.05) is 54.6 Å². The van der Waals surface area contributed by atoms with Gasteiger partial charge in [0, 0.05) is 13.2 Å². The van der Waals surface area contributed by atoms with Crippen LogP contribution in [0.25, 0.3) is 0 Å². The van der Waals surface area contributed by atoms with Gasteiger partial charge in [0.15, 0.2) is 0 Å². The van der Waals surface area contributed by atoms with Gasteiger partial charge in [-0.15, -0.1) is 0 Å². The largest absolute Gasteiger partial charge is 1.00 e. The average molecular weight is 431 g/mol. The summed E-state index contributed by atoms with van der Waals surface area (Å²) in [7, 11) is -2.36. The Kier molecular flexibility index (Phi) is 9.29. The van der Waals surface area contributed by atoms with Gasteiger partial charge in [0.25, 0.3) is 0 Å². The van der Waals surface area contributed by atoms with Crippen molar-refractivity contribution in [3.05, 3.63) is 91.0 Å². The van der Waals surface area contributed by atoms with Crippen LogP contribution in [0.2, 0.25) is 0 Å². The van der Waals surface area contributed by atoms with E-state index >= 15 is 0 Å². The Morgan fingerprint density at radius 2 is 1.00 bits per heavy atom. The van der Waals surface area contributed by atoms with Crippen LogP contribution < -0.4 is 28.3 Å². The number of aliphatic hydroxyl groups excluding tert-OH is 1.